The molecule has 2 aliphatic heterocycles. The molecule has 10 nitrogen and oxygen atoms in total. The zero-order chi connectivity index (χ0) is 32.2. The SMILES string of the molecule is CN(C)[C@@H]1CN(Cc2ccccn2)C[C@@H]2CCCO[C@@H]21.O=C(O)C(F)(F)F.O=C(O)C(F)(F)F.O=C(O)C(F)(F)F. The summed E-state index contributed by atoms with van der Waals surface area (Å²) in [5.74, 6) is -7.60. The number of alkyl halides is 9. The van der Waals surface area contributed by atoms with Crippen LogP contribution < -0.4 is 0 Å². The fourth-order valence-electron chi connectivity index (χ4n) is 3.57. The van der Waals surface area contributed by atoms with Crippen molar-refractivity contribution in [2.75, 3.05) is 33.8 Å². The third kappa shape index (κ3) is 15.4. The minimum atomic E-state index is -5.08. The molecule has 2 fully saturated rings. The number of hydrogen-bond acceptors (Lipinski definition) is 7. The lowest BCUT2D eigenvalue weighted by Gasteiger charge is -2.48. The Morgan fingerprint density at radius 1 is 0.902 bits per heavy atom. The lowest BCUT2D eigenvalue weighted by Crippen LogP contribution is -2.59. The molecule has 0 saturated carbocycles. The Morgan fingerprint density at radius 2 is 1.37 bits per heavy atom. The van der Waals surface area contributed by atoms with Gasteiger partial charge in [0.05, 0.1) is 11.8 Å². The van der Waals surface area contributed by atoms with E-state index >= 15 is 0 Å². The third-order valence-electron chi connectivity index (χ3n) is 5.31. The summed E-state index contributed by atoms with van der Waals surface area (Å²) in [6.07, 6.45) is -10.4. The summed E-state index contributed by atoms with van der Waals surface area (Å²) in [6, 6.07) is 6.67. The molecule has 0 unspecified atom stereocenters. The number of halogens is 9. The number of carboxylic acid groups (broad SMARTS) is 3. The van der Waals surface area contributed by atoms with Crippen LogP contribution in [0.25, 0.3) is 0 Å². The van der Waals surface area contributed by atoms with E-state index in [-0.39, 0.29) is 0 Å². The van der Waals surface area contributed by atoms with Gasteiger partial charge in [-0.25, -0.2) is 14.4 Å². The molecule has 2 saturated heterocycles. The normalized spacial score (nSPS) is 21.0. The van der Waals surface area contributed by atoms with Crippen LogP contribution in [-0.2, 0) is 25.7 Å². The van der Waals surface area contributed by atoms with E-state index in [0.717, 1.165) is 26.2 Å². The van der Waals surface area contributed by atoms with Gasteiger partial charge in [-0.2, -0.15) is 39.5 Å². The number of fused-ring (bicyclic) bond motifs is 1. The Kier molecular flexibility index (Phi) is 15.0. The first-order chi connectivity index (χ1) is 18.6. The number of aliphatic carboxylic acids is 3. The quantitative estimate of drug-likeness (QED) is 0.432. The van der Waals surface area contributed by atoms with E-state index in [4.69, 9.17) is 34.4 Å². The zero-order valence-electron chi connectivity index (χ0n) is 21.5. The van der Waals surface area contributed by atoms with Gasteiger partial charge >= 0.3 is 36.4 Å². The molecule has 1 aromatic rings. The second kappa shape index (κ2) is 16.3. The van der Waals surface area contributed by atoms with E-state index in [2.05, 4.69) is 41.0 Å². The Morgan fingerprint density at radius 3 is 1.73 bits per heavy atom. The number of likely N-dealkylation sites (tertiary alicyclic amines) is 1. The predicted molar refractivity (Wildman–Crippen MR) is 121 cm³/mol. The van der Waals surface area contributed by atoms with Crippen molar-refractivity contribution >= 4 is 17.9 Å². The number of ether oxygens (including phenoxy) is 1. The topological polar surface area (TPSA) is 140 Å². The van der Waals surface area contributed by atoms with Gasteiger partial charge in [-0.1, -0.05) is 6.07 Å². The summed E-state index contributed by atoms with van der Waals surface area (Å²) < 4.78 is 101. The van der Waals surface area contributed by atoms with Crippen LogP contribution in [0.4, 0.5) is 39.5 Å². The highest BCUT2D eigenvalue weighted by atomic mass is 19.4. The van der Waals surface area contributed by atoms with Gasteiger partial charge in [0.15, 0.2) is 0 Å². The Hall–Kier alpha value is -3.19. The van der Waals surface area contributed by atoms with Crippen molar-refractivity contribution in [2.24, 2.45) is 5.92 Å². The lowest BCUT2D eigenvalue weighted by molar-refractivity contribution is -0.193. The first kappa shape index (κ1) is 37.8. The number of nitrogens with zero attached hydrogens (tertiary/aromatic N) is 3. The molecule has 3 N–H and O–H groups in total. The van der Waals surface area contributed by atoms with Crippen molar-refractivity contribution in [2.45, 2.75) is 50.1 Å². The van der Waals surface area contributed by atoms with Crippen LogP contribution in [0.15, 0.2) is 24.4 Å². The summed E-state index contributed by atoms with van der Waals surface area (Å²) in [5, 5.41) is 21.4. The number of hydrogen-bond donors (Lipinski definition) is 3. The highest BCUT2D eigenvalue weighted by Crippen LogP contribution is 2.31. The molecule has 0 bridgehead atoms. The maximum Gasteiger partial charge on any atom is 0.490 e. The molecule has 0 aromatic carbocycles. The summed E-state index contributed by atoms with van der Waals surface area (Å²) in [4.78, 5) is 36.0. The number of likely N-dealkylation sites (N-methyl/N-ethyl adjacent to an activating group) is 1. The molecule has 0 radical (unpaired) electrons. The van der Waals surface area contributed by atoms with Crippen LogP contribution in [0, 0.1) is 5.92 Å². The van der Waals surface area contributed by atoms with Gasteiger partial charge in [0.1, 0.15) is 0 Å². The monoisotopic (exact) mass is 617 g/mol. The van der Waals surface area contributed by atoms with Gasteiger partial charge < -0.3 is 25.0 Å². The Labute approximate surface area is 227 Å². The van der Waals surface area contributed by atoms with Gasteiger partial charge in [0, 0.05) is 38.5 Å². The van der Waals surface area contributed by atoms with Gasteiger partial charge in [0.25, 0.3) is 0 Å². The van der Waals surface area contributed by atoms with Crippen molar-refractivity contribution in [1.82, 2.24) is 14.8 Å². The average Bonchev–Trinajstić information content (AvgIpc) is 2.83. The van der Waals surface area contributed by atoms with Crippen molar-refractivity contribution in [3.63, 3.8) is 0 Å². The second-order valence-corrected chi connectivity index (χ2v) is 8.69. The molecule has 0 spiro atoms. The molecule has 3 atom stereocenters. The van der Waals surface area contributed by atoms with Crippen LogP contribution in [-0.4, -0.2) is 112 Å². The van der Waals surface area contributed by atoms with Gasteiger partial charge in [-0.05, 0) is 45.0 Å². The molecule has 0 amide bonds. The molecule has 1 aromatic heterocycles. The van der Waals surface area contributed by atoms with E-state index in [0.29, 0.717) is 18.1 Å². The standard InChI is InChI=1S/C16H25N3O.3C2HF3O2/c1-18(2)15-12-19(11-14-7-3-4-8-17-14)10-13-6-5-9-20-16(13)15;3*3-2(4,5)1(6)7/h3-4,7-8,13,15-16H,5-6,9-12H2,1-2H3;3*(H,6,7)/t13-,15+,16-;;;/m0.../s1. The Balaban J connectivity index is 0.000000631. The van der Waals surface area contributed by atoms with Gasteiger partial charge in [0.2, 0.25) is 0 Å². The molecule has 2 aliphatic rings. The highest BCUT2D eigenvalue weighted by Gasteiger charge is 2.41. The van der Waals surface area contributed by atoms with Crippen LogP contribution in [0.2, 0.25) is 0 Å². The Bertz CT molecular complexity index is 902. The summed E-state index contributed by atoms with van der Waals surface area (Å²) in [6.45, 7) is 4.11. The first-order valence-corrected chi connectivity index (χ1v) is 11.4. The summed E-state index contributed by atoms with van der Waals surface area (Å²) >= 11 is 0. The first-order valence-electron chi connectivity index (χ1n) is 11.4. The van der Waals surface area contributed by atoms with E-state index in [1.54, 1.807) is 0 Å². The van der Waals surface area contributed by atoms with Gasteiger partial charge in [-0.3, -0.25) is 9.88 Å². The van der Waals surface area contributed by atoms with Gasteiger partial charge in [-0.15, -0.1) is 0 Å². The van der Waals surface area contributed by atoms with Crippen molar-refractivity contribution in [3.05, 3.63) is 30.1 Å². The minimum Gasteiger partial charge on any atom is -0.475 e. The van der Waals surface area contributed by atoms with E-state index in [9.17, 15) is 39.5 Å². The summed E-state index contributed by atoms with van der Waals surface area (Å²) in [7, 11) is 4.34. The fourth-order valence-corrected chi connectivity index (χ4v) is 3.57. The molecule has 3 rings (SSSR count). The number of rotatable bonds is 3. The number of pyridine rings is 1. The van der Waals surface area contributed by atoms with Crippen LogP contribution in [0.5, 0.6) is 0 Å². The maximum atomic E-state index is 10.6. The van der Waals surface area contributed by atoms with Crippen molar-refractivity contribution in [1.29, 1.82) is 0 Å². The van der Waals surface area contributed by atoms with Crippen LogP contribution in [0.3, 0.4) is 0 Å². The van der Waals surface area contributed by atoms with E-state index in [1.807, 2.05) is 12.3 Å². The van der Waals surface area contributed by atoms with E-state index < -0.39 is 36.4 Å². The fraction of sp³-hybridized carbons (Fsp3) is 0.636. The molecule has 0 aliphatic carbocycles. The molecular weight excluding hydrogens is 589 g/mol. The predicted octanol–water partition coefficient (Wildman–Crippen LogP) is 3.52. The largest absolute Gasteiger partial charge is 0.490 e. The third-order valence-corrected chi connectivity index (χ3v) is 5.31. The molecule has 3 heterocycles. The average molecular weight is 617 g/mol. The van der Waals surface area contributed by atoms with Crippen molar-refractivity contribution in [3.8, 4) is 0 Å². The second-order valence-electron chi connectivity index (χ2n) is 8.69. The van der Waals surface area contributed by atoms with Crippen LogP contribution >= 0.6 is 0 Å². The van der Waals surface area contributed by atoms with E-state index in [1.165, 1.54) is 18.5 Å². The molecule has 19 heteroatoms. The smallest absolute Gasteiger partial charge is 0.475 e. The number of aromatic nitrogens is 1. The zero-order valence-corrected chi connectivity index (χ0v) is 21.5. The number of carbonyl (C=O) groups is 3. The molecular formula is C22H28F9N3O7. The highest BCUT2D eigenvalue weighted by molar-refractivity contribution is 5.73. The lowest BCUT2D eigenvalue weighted by atomic mass is 9.85. The number of carboxylic acids is 3. The minimum absolute atomic E-state index is 0.415. The van der Waals surface area contributed by atoms with Crippen molar-refractivity contribution < 1.29 is 74.0 Å². The molecule has 236 valence electrons. The molecule has 41 heavy (non-hydrogen) atoms. The van der Waals surface area contributed by atoms with Crippen LogP contribution in [0.1, 0.15) is 18.5 Å². The maximum absolute atomic E-state index is 10.6. The number of piperidine rings is 1. The summed E-state index contributed by atoms with van der Waals surface area (Å²) in [5.41, 5.74) is 1.17.